The largest absolute Gasteiger partial charge is 0.215 e. The Balaban J connectivity index is 2.08. The summed E-state index contributed by atoms with van der Waals surface area (Å²) in [5.41, 5.74) is 0. The van der Waals surface area contributed by atoms with Gasteiger partial charge in [0.25, 0.3) is 0 Å². The fraction of sp³-hybridized carbons (Fsp3) is 0.750. The molecular weight excluding hydrogens is 283 g/mol. The Labute approximate surface area is 90.1 Å². The molecule has 66 valence electrons. The van der Waals surface area contributed by atoms with Gasteiger partial charge in [0.2, 0.25) is 3.83 Å². The van der Waals surface area contributed by atoms with E-state index in [9.17, 15) is 0 Å². The van der Waals surface area contributed by atoms with Crippen LogP contribution in [0.4, 0.5) is 0 Å². The second kappa shape index (κ2) is 4.00. The third-order valence-corrected chi connectivity index (χ3v) is 4.06. The van der Waals surface area contributed by atoms with Crippen LogP contribution in [0, 0.1) is 3.83 Å². The molecule has 1 heterocycles. The lowest BCUT2D eigenvalue weighted by molar-refractivity contribution is 0.442. The molecular formula is C8H11IN2S. The quantitative estimate of drug-likeness (QED) is 0.743. The molecule has 1 saturated carbocycles. The summed E-state index contributed by atoms with van der Waals surface area (Å²) in [6.45, 7) is 0. The van der Waals surface area contributed by atoms with Crippen molar-refractivity contribution < 1.29 is 0 Å². The normalized spacial score (nSPS) is 19.8. The van der Waals surface area contributed by atoms with E-state index >= 15 is 0 Å². The average Bonchev–Trinajstić information content (AvgIpc) is 2.54. The van der Waals surface area contributed by atoms with E-state index in [0.29, 0.717) is 0 Å². The first-order chi connectivity index (χ1) is 5.86. The maximum absolute atomic E-state index is 4.43. The van der Waals surface area contributed by atoms with Crippen molar-refractivity contribution >= 4 is 34.1 Å². The van der Waals surface area contributed by atoms with Crippen LogP contribution in [0.3, 0.4) is 0 Å². The van der Waals surface area contributed by atoms with Gasteiger partial charge in [-0.3, -0.25) is 0 Å². The molecule has 0 amide bonds. The molecule has 0 saturated heterocycles. The summed E-state index contributed by atoms with van der Waals surface area (Å²) in [7, 11) is 0. The third-order valence-electron chi connectivity index (χ3n) is 2.37. The minimum absolute atomic E-state index is 0.722. The fourth-order valence-corrected chi connectivity index (χ4v) is 3.17. The summed E-state index contributed by atoms with van der Waals surface area (Å²) in [4.78, 5) is 4.43. The van der Waals surface area contributed by atoms with Crippen molar-refractivity contribution in [3.05, 3.63) is 8.84 Å². The first-order valence-corrected chi connectivity index (χ1v) is 6.20. The zero-order valence-electron chi connectivity index (χ0n) is 6.79. The summed E-state index contributed by atoms with van der Waals surface area (Å²) in [6.07, 6.45) is 6.81. The molecule has 0 aliphatic heterocycles. The van der Waals surface area contributed by atoms with Crippen LogP contribution in [0.25, 0.3) is 0 Å². The van der Waals surface area contributed by atoms with Crippen molar-refractivity contribution in [1.29, 1.82) is 0 Å². The summed E-state index contributed by atoms with van der Waals surface area (Å²) in [6, 6.07) is 0. The second-order valence-corrected chi connectivity index (χ2v) is 4.98. The second-order valence-electron chi connectivity index (χ2n) is 3.24. The van der Waals surface area contributed by atoms with E-state index in [-0.39, 0.29) is 0 Å². The van der Waals surface area contributed by atoms with Gasteiger partial charge in [0, 0.05) is 28.5 Å². The summed E-state index contributed by atoms with van der Waals surface area (Å²) >= 11 is 3.77. The number of halogens is 1. The van der Waals surface area contributed by atoms with Gasteiger partial charge >= 0.3 is 0 Å². The van der Waals surface area contributed by atoms with Gasteiger partial charge < -0.3 is 0 Å². The minimum atomic E-state index is 0.722. The van der Waals surface area contributed by atoms with Gasteiger partial charge in [0.15, 0.2) is 0 Å². The Morgan fingerprint density at radius 1 is 1.25 bits per heavy atom. The van der Waals surface area contributed by atoms with E-state index in [1.165, 1.54) is 37.1 Å². The number of hydrogen-bond acceptors (Lipinski definition) is 3. The maximum atomic E-state index is 4.43. The predicted octanol–water partition coefficient (Wildman–Crippen LogP) is 3.19. The molecule has 0 bridgehead atoms. The van der Waals surface area contributed by atoms with Crippen molar-refractivity contribution in [2.45, 2.75) is 38.0 Å². The average molecular weight is 294 g/mol. The standard InChI is InChI=1S/C8H11IN2S/c9-8-10-7(12-11-8)6-4-2-1-3-5-6/h6H,1-5H2. The third kappa shape index (κ3) is 1.96. The molecule has 0 unspecified atom stereocenters. The van der Waals surface area contributed by atoms with Crippen molar-refractivity contribution in [2.24, 2.45) is 0 Å². The van der Waals surface area contributed by atoms with Crippen LogP contribution in [-0.2, 0) is 0 Å². The van der Waals surface area contributed by atoms with Gasteiger partial charge in [-0.1, -0.05) is 19.3 Å². The summed E-state index contributed by atoms with van der Waals surface area (Å²) in [5, 5.41) is 1.26. The van der Waals surface area contributed by atoms with Crippen LogP contribution in [0.15, 0.2) is 0 Å². The fourth-order valence-electron chi connectivity index (χ4n) is 1.73. The smallest absolute Gasteiger partial charge is 0.203 e. The molecule has 2 nitrogen and oxygen atoms in total. The van der Waals surface area contributed by atoms with Gasteiger partial charge in [0.05, 0.1) is 0 Å². The Hall–Kier alpha value is 0.290. The van der Waals surface area contributed by atoms with E-state index in [4.69, 9.17) is 0 Å². The number of aromatic nitrogens is 2. The first kappa shape index (κ1) is 8.87. The minimum Gasteiger partial charge on any atom is -0.215 e. The molecule has 4 heteroatoms. The van der Waals surface area contributed by atoms with Gasteiger partial charge in [0.1, 0.15) is 5.01 Å². The SMILES string of the molecule is Ic1nsc(C2CCCCC2)n1. The van der Waals surface area contributed by atoms with Crippen LogP contribution in [0.1, 0.15) is 43.0 Å². The van der Waals surface area contributed by atoms with Gasteiger partial charge in [-0.2, -0.15) is 4.37 Å². The molecule has 1 aromatic heterocycles. The van der Waals surface area contributed by atoms with Crippen molar-refractivity contribution in [3.8, 4) is 0 Å². The molecule has 1 fully saturated rings. The highest BCUT2D eigenvalue weighted by Gasteiger charge is 2.18. The van der Waals surface area contributed by atoms with E-state index in [1.54, 1.807) is 11.5 Å². The highest BCUT2D eigenvalue weighted by molar-refractivity contribution is 14.1. The summed E-state index contributed by atoms with van der Waals surface area (Å²) < 4.78 is 5.12. The molecule has 0 spiro atoms. The molecule has 0 radical (unpaired) electrons. The Morgan fingerprint density at radius 3 is 2.58 bits per heavy atom. The molecule has 1 aliphatic rings. The Bertz CT molecular complexity index is 255. The number of hydrogen-bond donors (Lipinski definition) is 0. The molecule has 1 aromatic rings. The zero-order chi connectivity index (χ0) is 8.39. The van der Waals surface area contributed by atoms with Crippen LogP contribution < -0.4 is 0 Å². The van der Waals surface area contributed by atoms with Crippen LogP contribution >= 0.6 is 34.1 Å². The van der Waals surface area contributed by atoms with Crippen LogP contribution in [0.5, 0.6) is 0 Å². The summed E-state index contributed by atoms with van der Waals surface area (Å²) in [5.74, 6) is 0.722. The zero-order valence-corrected chi connectivity index (χ0v) is 9.77. The molecule has 2 rings (SSSR count). The Kier molecular flexibility index (Phi) is 2.96. The highest BCUT2D eigenvalue weighted by atomic mass is 127. The van der Waals surface area contributed by atoms with Crippen molar-refractivity contribution in [3.63, 3.8) is 0 Å². The number of rotatable bonds is 1. The highest BCUT2D eigenvalue weighted by Crippen LogP contribution is 2.33. The molecule has 12 heavy (non-hydrogen) atoms. The van der Waals surface area contributed by atoms with Crippen LogP contribution in [0.2, 0.25) is 0 Å². The maximum Gasteiger partial charge on any atom is 0.203 e. The molecule has 0 atom stereocenters. The van der Waals surface area contributed by atoms with E-state index < -0.39 is 0 Å². The lowest BCUT2D eigenvalue weighted by Gasteiger charge is -2.18. The van der Waals surface area contributed by atoms with Crippen molar-refractivity contribution in [2.75, 3.05) is 0 Å². The predicted molar refractivity (Wildman–Crippen MR) is 58.5 cm³/mol. The van der Waals surface area contributed by atoms with Gasteiger partial charge in [-0.05, 0) is 24.4 Å². The molecule has 1 aliphatic carbocycles. The van der Waals surface area contributed by atoms with E-state index in [2.05, 4.69) is 31.9 Å². The van der Waals surface area contributed by atoms with Crippen LogP contribution in [-0.4, -0.2) is 9.36 Å². The number of nitrogens with zero attached hydrogens (tertiary/aromatic N) is 2. The topological polar surface area (TPSA) is 25.8 Å². The Morgan fingerprint density at radius 2 is 2.00 bits per heavy atom. The lowest BCUT2D eigenvalue weighted by Crippen LogP contribution is -2.03. The molecule has 0 N–H and O–H groups in total. The molecule has 0 aromatic carbocycles. The van der Waals surface area contributed by atoms with Gasteiger partial charge in [-0.15, -0.1) is 0 Å². The van der Waals surface area contributed by atoms with E-state index in [0.717, 1.165) is 9.75 Å². The van der Waals surface area contributed by atoms with Gasteiger partial charge in [-0.25, -0.2) is 4.98 Å². The lowest BCUT2D eigenvalue weighted by atomic mass is 9.90. The monoisotopic (exact) mass is 294 g/mol. The van der Waals surface area contributed by atoms with E-state index in [1.807, 2.05) is 0 Å². The van der Waals surface area contributed by atoms with Crippen molar-refractivity contribution in [1.82, 2.24) is 9.36 Å². The first-order valence-electron chi connectivity index (χ1n) is 4.35.